The van der Waals surface area contributed by atoms with Crippen molar-refractivity contribution in [3.8, 4) is 5.75 Å². The van der Waals surface area contributed by atoms with Gasteiger partial charge in [0.25, 0.3) is 0 Å². The summed E-state index contributed by atoms with van der Waals surface area (Å²) in [6, 6.07) is 9.26. The first-order chi connectivity index (χ1) is 8.20. The Morgan fingerprint density at radius 1 is 1.41 bits per heavy atom. The molecule has 1 aromatic carbocycles. The maximum Gasteiger partial charge on any atom is 0.246 e. The van der Waals surface area contributed by atoms with E-state index in [0.29, 0.717) is 18.1 Å². The smallest absolute Gasteiger partial charge is 0.246 e. The molecule has 0 bridgehead atoms. The number of halogens is 1. The minimum atomic E-state index is -0.483. The topological polar surface area (TPSA) is 57.9 Å². The largest absolute Gasteiger partial charge is 0.443 e. The Labute approximate surface area is 104 Å². The van der Waals surface area contributed by atoms with E-state index in [1.807, 2.05) is 30.3 Å². The average Bonchev–Trinajstić information content (AvgIpc) is 2.30. The number of rotatable bonds is 2. The van der Waals surface area contributed by atoms with Gasteiger partial charge in [0.15, 0.2) is 0 Å². The molecule has 0 aliphatic carbocycles. The fourth-order valence-electron chi connectivity index (χ4n) is 1.46. The molecule has 0 amide bonds. The molecule has 6 heteroatoms. The van der Waals surface area contributed by atoms with Crippen molar-refractivity contribution in [1.82, 2.24) is 5.06 Å². The highest BCUT2D eigenvalue weighted by Gasteiger charge is 2.27. The van der Waals surface area contributed by atoms with Crippen LogP contribution in [-0.4, -0.2) is 29.5 Å². The maximum absolute atomic E-state index is 7.62. The molecule has 0 aromatic heterocycles. The van der Waals surface area contributed by atoms with E-state index < -0.39 is 5.50 Å². The molecule has 1 heterocycles. The van der Waals surface area contributed by atoms with Crippen molar-refractivity contribution in [2.75, 3.05) is 7.11 Å². The van der Waals surface area contributed by atoms with Crippen molar-refractivity contribution >= 4 is 23.5 Å². The molecular weight excluding hydrogens is 242 g/mol. The Morgan fingerprint density at radius 2 is 2.12 bits per heavy atom. The summed E-state index contributed by atoms with van der Waals surface area (Å²) in [6.45, 7) is 0. The van der Waals surface area contributed by atoms with E-state index in [9.17, 15) is 0 Å². The Bertz CT molecular complexity index is 436. The van der Waals surface area contributed by atoms with Crippen LogP contribution >= 0.6 is 11.6 Å². The highest BCUT2D eigenvalue weighted by atomic mass is 35.5. The quantitative estimate of drug-likeness (QED) is 0.650. The number of nitrogens with zero attached hydrogens (tertiary/aromatic N) is 2. The molecule has 2 rings (SSSR count). The molecule has 1 aliphatic heterocycles. The van der Waals surface area contributed by atoms with Crippen LogP contribution in [0.4, 0.5) is 0 Å². The lowest BCUT2D eigenvalue weighted by molar-refractivity contribution is -0.0788. The fraction of sp³-hybridized carbons (Fsp3) is 0.273. The van der Waals surface area contributed by atoms with Gasteiger partial charge in [-0.2, -0.15) is 4.99 Å². The Hall–Kier alpha value is -1.59. The highest BCUT2D eigenvalue weighted by Crippen LogP contribution is 2.19. The van der Waals surface area contributed by atoms with Gasteiger partial charge in [-0.25, -0.2) is 5.06 Å². The molecule has 1 aromatic rings. The van der Waals surface area contributed by atoms with Crippen LogP contribution in [0.1, 0.15) is 6.42 Å². The summed E-state index contributed by atoms with van der Waals surface area (Å²) in [5, 5.41) is 8.84. The summed E-state index contributed by atoms with van der Waals surface area (Å²) in [5.74, 6) is 1.02. The first-order valence-electron chi connectivity index (χ1n) is 5.07. The van der Waals surface area contributed by atoms with Crippen molar-refractivity contribution < 1.29 is 9.57 Å². The van der Waals surface area contributed by atoms with E-state index in [4.69, 9.17) is 26.6 Å². The molecule has 0 fully saturated rings. The molecular formula is C11H12ClN3O2. The second-order valence-electron chi connectivity index (χ2n) is 3.39. The summed E-state index contributed by atoms with van der Waals surface area (Å²) in [6.07, 6.45) is 0.382. The number of benzene rings is 1. The number of nitrogens with one attached hydrogen (secondary N) is 1. The van der Waals surface area contributed by atoms with Crippen LogP contribution in [0, 0.1) is 5.41 Å². The molecule has 0 spiro atoms. The Balaban J connectivity index is 2.11. The zero-order valence-corrected chi connectivity index (χ0v) is 10.0. The third-order valence-corrected chi connectivity index (χ3v) is 2.54. The summed E-state index contributed by atoms with van der Waals surface area (Å²) in [7, 11) is 1.45. The van der Waals surface area contributed by atoms with E-state index in [1.54, 1.807) is 0 Å². The number of hydrogen-bond acceptors (Lipinski definition) is 3. The van der Waals surface area contributed by atoms with E-state index in [2.05, 4.69) is 4.99 Å². The first-order valence-corrected chi connectivity index (χ1v) is 5.51. The lowest BCUT2D eigenvalue weighted by Gasteiger charge is -2.28. The number of alkyl halides is 1. The van der Waals surface area contributed by atoms with E-state index in [0.717, 1.165) is 0 Å². The number of hydroxylamine groups is 2. The first kappa shape index (κ1) is 11.9. The van der Waals surface area contributed by atoms with Crippen molar-refractivity contribution in [3.05, 3.63) is 30.3 Å². The minimum absolute atomic E-state index is 0.0651. The molecule has 0 saturated carbocycles. The van der Waals surface area contributed by atoms with Crippen molar-refractivity contribution in [1.29, 1.82) is 5.41 Å². The molecule has 1 N–H and O–H groups in total. The predicted molar refractivity (Wildman–Crippen MR) is 65.3 cm³/mol. The summed E-state index contributed by atoms with van der Waals surface area (Å²) >= 11 is 6.04. The number of para-hydroxylation sites is 1. The van der Waals surface area contributed by atoms with Crippen molar-refractivity contribution in [2.45, 2.75) is 11.9 Å². The van der Waals surface area contributed by atoms with Crippen LogP contribution in [0.15, 0.2) is 35.3 Å². The van der Waals surface area contributed by atoms with Crippen molar-refractivity contribution in [2.24, 2.45) is 4.99 Å². The Morgan fingerprint density at radius 3 is 2.71 bits per heavy atom. The molecule has 17 heavy (non-hydrogen) atoms. The minimum Gasteiger partial charge on any atom is -0.443 e. The van der Waals surface area contributed by atoms with Crippen LogP contribution in [0.25, 0.3) is 0 Å². The number of ether oxygens (including phenoxy) is 1. The van der Waals surface area contributed by atoms with Crippen LogP contribution in [0.2, 0.25) is 0 Å². The van der Waals surface area contributed by atoms with Crippen LogP contribution < -0.4 is 4.74 Å². The van der Waals surface area contributed by atoms with Gasteiger partial charge in [-0.05, 0) is 12.1 Å². The standard InChI is InChI=1S/C11H12ClN3O2/c1-16-15-9(12)7-10(14-11(15)13)17-8-5-3-2-4-6-8/h2-6,9,13H,7H2,1H3. The number of guanidine groups is 1. The molecule has 90 valence electrons. The van der Waals surface area contributed by atoms with E-state index in [1.165, 1.54) is 12.2 Å². The third kappa shape index (κ3) is 2.75. The van der Waals surface area contributed by atoms with Gasteiger partial charge in [0.1, 0.15) is 11.3 Å². The monoisotopic (exact) mass is 253 g/mol. The molecule has 1 aliphatic rings. The van der Waals surface area contributed by atoms with Crippen LogP contribution in [0.5, 0.6) is 5.75 Å². The van der Waals surface area contributed by atoms with Crippen LogP contribution in [0.3, 0.4) is 0 Å². The van der Waals surface area contributed by atoms with Gasteiger partial charge in [0, 0.05) is 0 Å². The SMILES string of the molecule is CON1C(=N)N=C(Oc2ccccc2)CC1Cl. The normalized spacial score (nSPS) is 20.1. The van der Waals surface area contributed by atoms with Gasteiger partial charge in [-0.15, -0.1) is 0 Å². The van der Waals surface area contributed by atoms with Gasteiger partial charge in [-0.1, -0.05) is 29.8 Å². The summed E-state index contributed by atoms with van der Waals surface area (Å²) in [5.41, 5.74) is -0.483. The zero-order chi connectivity index (χ0) is 12.3. The lowest BCUT2D eigenvalue weighted by atomic mass is 10.3. The molecule has 1 unspecified atom stereocenters. The van der Waals surface area contributed by atoms with E-state index in [-0.39, 0.29) is 5.96 Å². The highest BCUT2D eigenvalue weighted by molar-refractivity contribution is 6.23. The second-order valence-corrected chi connectivity index (χ2v) is 3.90. The Kier molecular flexibility index (Phi) is 3.61. The lowest BCUT2D eigenvalue weighted by Crippen LogP contribution is -2.41. The third-order valence-electron chi connectivity index (χ3n) is 2.21. The molecule has 0 radical (unpaired) electrons. The number of aliphatic imine (C=N–C) groups is 1. The zero-order valence-electron chi connectivity index (χ0n) is 9.26. The predicted octanol–water partition coefficient (Wildman–Crippen LogP) is 2.23. The second kappa shape index (κ2) is 5.16. The maximum atomic E-state index is 7.62. The van der Waals surface area contributed by atoms with Crippen molar-refractivity contribution in [3.63, 3.8) is 0 Å². The molecule has 0 saturated heterocycles. The number of hydrogen-bond donors (Lipinski definition) is 1. The van der Waals surface area contributed by atoms with Gasteiger partial charge >= 0.3 is 0 Å². The van der Waals surface area contributed by atoms with Gasteiger partial charge in [0.05, 0.1) is 13.5 Å². The molecule has 1 atom stereocenters. The van der Waals surface area contributed by atoms with Gasteiger partial charge in [0.2, 0.25) is 11.9 Å². The van der Waals surface area contributed by atoms with Gasteiger partial charge in [-0.3, -0.25) is 10.2 Å². The average molecular weight is 254 g/mol. The van der Waals surface area contributed by atoms with Gasteiger partial charge < -0.3 is 4.74 Å². The summed E-state index contributed by atoms with van der Waals surface area (Å²) < 4.78 is 5.53. The fourth-order valence-corrected chi connectivity index (χ4v) is 1.77. The molecule has 5 nitrogen and oxygen atoms in total. The van der Waals surface area contributed by atoms with E-state index >= 15 is 0 Å². The van der Waals surface area contributed by atoms with Crippen LogP contribution in [-0.2, 0) is 4.84 Å². The summed E-state index contributed by atoms with van der Waals surface area (Å²) in [4.78, 5) is 8.90.